The zero-order valence-corrected chi connectivity index (χ0v) is 7.14. The maximum absolute atomic E-state index is 10.3. The summed E-state index contributed by atoms with van der Waals surface area (Å²) in [4.78, 5) is 20.5. The van der Waals surface area contributed by atoms with E-state index in [0.717, 1.165) is 19.3 Å². The van der Waals surface area contributed by atoms with Gasteiger partial charge in [-0.1, -0.05) is 26.2 Å². The van der Waals surface area contributed by atoms with Crippen molar-refractivity contribution in [1.29, 1.82) is 0 Å². The monoisotopic (exact) mass is 154 g/mol. The molecule has 0 aromatic carbocycles. The van der Waals surface area contributed by atoms with Gasteiger partial charge in [-0.25, -0.2) is 0 Å². The van der Waals surface area contributed by atoms with Crippen LogP contribution in [0.3, 0.4) is 0 Å². The zero-order valence-electron chi connectivity index (χ0n) is 7.14. The minimum Gasteiger partial charge on any atom is -0.290 e. The zero-order chi connectivity index (χ0) is 8.74. The Morgan fingerprint density at radius 3 is 2.09 bits per heavy atom. The van der Waals surface area contributed by atoms with Gasteiger partial charge in [0.1, 0.15) is 5.41 Å². The molecule has 0 bridgehead atoms. The molecule has 0 amide bonds. The Labute approximate surface area is 68.0 Å². The number of hydrogen-bond acceptors (Lipinski definition) is 2. The lowest BCUT2D eigenvalue weighted by Crippen LogP contribution is -2.19. The van der Waals surface area contributed by atoms with Crippen LogP contribution in [0.1, 0.15) is 39.5 Å². The van der Waals surface area contributed by atoms with Gasteiger partial charge in [-0.2, -0.15) is 0 Å². The fourth-order valence-electron chi connectivity index (χ4n) is 0.851. The number of carbonyl (C=O) groups excluding carboxylic acids is 2. The van der Waals surface area contributed by atoms with Crippen LogP contribution in [0, 0.1) is 5.41 Å². The number of hydrogen-bond donors (Lipinski definition) is 0. The molecule has 0 aromatic rings. The molecule has 62 valence electrons. The van der Waals surface area contributed by atoms with Crippen molar-refractivity contribution >= 4 is 12.6 Å². The molecule has 0 aliphatic rings. The highest BCUT2D eigenvalue weighted by atomic mass is 16.1. The first-order valence-electron chi connectivity index (χ1n) is 3.97. The van der Waals surface area contributed by atoms with Gasteiger partial charge in [-0.3, -0.25) is 9.59 Å². The Morgan fingerprint density at radius 2 is 1.73 bits per heavy atom. The van der Waals surface area contributed by atoms with Crippen LogP contribution in [0.25, 0.3) is 0 Å². The van der Waals surface area contributed by atoms with Crippen LogP contribution in [0.5, 0.6) is 0 Å². The standard InChI is InChI=1S/C9H14O2/c1-3-4-5-6-9(2,7-10)8-11/h3-6H2,1-2H3. The molecule has 2 heteroatoms. The molecule has 0 saturated carbocycles. The second-order valence-corrected chi connectivity index (χ2v) is 2.99. The Morgan fingerprint density at radius 1 is 1.18 bits per heavy atom. The van der Waals surface area contributed by atoms with Crippen molar-refractivity contribution in [2.24, 2.45) is 5.41 Å². The van der Waals surface area contributed by atoms with Crippen molar-refractivity contribution in [3.8, 4) is 0 Å². The first kappa shape index (κ1) is 10.3. The van der Waals surface area contributed by atoms with E-state index in [2.05, 4.69) is 6.92 Å². The van der Waals surface area contributed by atoms with E-state index < -0.39 is 5.41 Å². The summed E-state index contributed by atoms with van der Waals surface area (Å²) in [5.41, 5.74) is -0.977. The summed E-state index contributed by atoms with van der Waals surface area (Å²) in [5.74, 6) is 0. The molecule has 0 aliphatic heterocycles. The van der Waals surface area contributed by atoms with E-state index in [1.165, 1.54) is 0 Å². The Bertz CT molecular complexity index is 122. The van der Waals surface area contributed by atoms with E-state index >= 15 is 0 Å². The molecule has 0 atom stereocenters. The topological polar surface area (TPSA) is 34.1 Å². The largest absolute Gasteiger partial charge is 0.290 e. The van der Waals surface area contributed by atoms with E-state index in [0.29, 0.717) is 6.42 Å². The fourth-order valence-corrected chi connectivity index (χ4v) is 0.851. The Kier molecular flexibility index (Phi) is 4.75. The molecule has 11 heavy (non-hydrogen) atoms. The SMILES string of the molecule is CCCCCC(C)([C]=O)[C]=O. The molecule has 0 N–H and O–H groups in total. The highest BCUT2D eigenvalue weighted by molar-refractivity contribution is 5.83. The van der Waals surface area contributed by atoms with E-state index in [1.807, 2.05) is 0 Å². The quantitative estimate of drug-likeness (QED) is 0.431. The van der Waals surface area contributed by atoms with Crippen LogP contribution in [-0.2, 0) is 9.59 Å². The molecule has 0 spiro atoms. The molecule has 0 aliphatic carbocycles. The van der Waals surface area contributed by atoms with Gasteiger partial charge in [0.05, 0.1) is 0 Å². The lowest BCUT2D eigenvalue weighted by atomic mass is 9.88. The van der Waals surface area contributed by atoms with Crippen molar-refractivity contribution in [1.82, 2.24) is 0 Å². The van der Waals surface area contributed by atoms with Crippen LogP contribution >= 0.6 is 0 Å². The van der Waals surface area contributed by atoms with Gasteiger partial charge in [0, 0.05) is 0 Å². The van der Waals surface area contributed by atoms with Crippen LogP contribution in [0.4, 0.5) is 0 Å². The van der Waals surface area contributed by atoms with E-state index in [-0.39, 0.29) is 0 Å². The Hall–Kier alpha value is -0.660. The second-order valence-electron chi connectivity index (χ2n) is 2.99. The average Bonchev–Trinajstić information content (AvgIpc) is 2.05. The van der Waals surface area contributed by atoms with Gasteiger partial charge in [0.25, 0.3) is 0 Å². The predicted octanol–water partition coefficient (Wildman–Crippen LogP) is 1.79. The van der Waals surface area contributed by atoms with Crippen molar-refractivity contribution in [2.45, 2.75) is 39.5 Å². The first-order chi connectivity index (χ1) is 5.18. The fraction of sp³-hybridized carbons (Fsp3) is 0.778. The molecule has 0 rings (SSSR count). The molecular formula is C9H14O2. The van der Waals surface area contributed by atoms with Crippen molar-refractivity contribution in [3.63, 3.8) is 0 Å². The van der Waals surface area contributed by atoms with Crippen molar-refractivity contribution < 1.29 is 9.59 Å². The minimum atomic E-state index is -0.977. The summed E-state index contributed by atoms with van der Waals surface area (Å²) in [5, 5.41) is 0. The summed E-state index contributed by atoms with van der Waals surface area (Å²) in [6, 6.07) is 0. The van der Waals surface area contributed by atoms with Gasteiger partial charge < -0.3 is 0 Å². The lowest BCUT2D eigenvalue weighted by Gasteiger charge is -2.11. The molecule has 0 fully saturated rings. The van der Waals surface area contributed by atoms with Gasteiger partial charge in [-0.05, 0) is 13.3 Å². The van der Waals surface area contributed by atoms with Gasteiger partial charge >= 0.3 is 0 Å². The summed E-state index contributed by atoms with van der Waals surface area (Å²) < 4.78 is 0. The summed E-state index contributed by atoms with van der Waals surface area (Å²) in [6.07, 6.45) is 7.05. The average molecular weight is 154 g/mol. The van der Waals surface area contributed by atoms with Gasteiger partial charge in [0.2, 0.25) is 12.6 Å². The number of rotatable bonds is 6. The molecule has 0 heterocycles. The van der Waals surface area contributed by atoms with E-state index in [4.69, 9.17) is 0 Å². The van der Waals surface area contributed by atoms with Crippen LogP contribution in [0.15, 0.2) is 0 Å². The molecular weight excluding hydrogens is 140 g/mol. The van der Waals surface area contributed by atoms with E-state index in [1.54, 1.807) is 19.5 Å². The van der Waals surface area contributed by atoms with Gasteiger partial charge in [-0.15, -0.1) is 0 Å². The third kappa shape index (κ3) is 3.91. The predicted molar refractivity (Wildman–Crippen MR) is 43.6 cm³/mol. The van der Waals surface area contributed by atoms with Crippen molar-refractivity contribution in [2.75, 3.05) is 0 Å². The van der Waals surface area contributed by atoms with Gasteiger partial charge in [0.15, 0.2) is 0 Å². The minimum absolute atomic E-state index is 0.577. The molecule has 0 aromatic heterocycles. The summed E-state index contributed by atoms with van der Waals surface area (Å²) in [7, 11) is 0. The molecule has 2 nitrogen and oxygen atoms in total. The molecule has 2 radical (unpaired) electrons. The highest BCUT2D eigenvalue weighted by Gasteiger charge is 2.24. The summed E-state index contributed by atoms with van der Waals surface area (Å²) in [6.45, 7) is 3.65. The number of unbranched alkanes of at least 4 members (excludes halogenated alkanes) is 2. The Balaban J connectivity index is 3.69. The maximum atomic E-state index is 10.3. The summed E-state index contributed by atoms with van der Waals surface area (Å²) >= 11 is 0. The van der Waals surface area contributed by atoms with Crippen LogP contribution in [0.2, 0.25) is 0 Å². The maximum Gasteiger partial charge on any atom is 0.213 e. The third-order valence-electron chi connectivity index (χ3n) is 1.73. The third-order valence-corrected chi connectivity index (χ3v) is 1.73. The normalized spacial score (nSPS) is 11.1. The second kappa shape index (κ2) is 5.05. The smallest absolute Gasteiger partial charge is 0.213 e. The first-order valence-corrected chi connectivity index (χ1v) is 3.97. The van der Waals surface area contributed by atoms with E-state index in [9.17, 15) is 9.59 Å². The van der Waals surface area contributed by atoms with Crippen molar-refractivity contribution in [3.05, 3.63) is 0 Å². The molecule has 0 unspecified atom stereocenters. The highest BCUT2D eigenvalue weighted by Crippen LogP contribution is 2.18. The van der Waals surface area contributed by atoms with Crippen LogP contribution < -0.4 is 0 Å². The lowest BCUT2D eigenvalue weighted by molar-refractivity contribution is 0.435. The molecule has 0 saturated heterocycles. The van der Waals surface area contributed by atoms with Crippen LogP contribution in [-0.4, -0.2) is 12.6 Å².